The summed E-state index contributed by atoms with van der Waals surface area (Å²) in [6.07, 6.45) is -7.57. The lowest BCUT2D eigenvalue weighted by Crippen LogP contribution is -2.42. The summed E-state index contributed by atoms with van der Waals surface area (Å²) in [4.78, 5) is 11.2. The molecule has 1 unspecified atom stereocenters. The highest BCUT2D eigenvalue weighted by atomic mass is 19.4. The fraction of sp³-hybridized carbons (Fsp3) is 0.462. The van der Waals surface area contributed by atoms with Crippen LogP contribution >= 0.6 is 0 Å². The lowest BCUT2D eigenvalue weighted by atomic mass is 9.89. The second-order valence-corrected chi connectivity index (χ2v) is 4.72. The largest absolute Gasteiger partial charge is 0.465 e. The third kappa shape index (κ3) is 3.90. The van der Waals surface area contributed by atoms with E-state index in [2.05, 4.69) is 4.74 Å². The molecule has 0 heterocycles. The number of hydrogen-bond donors (Lipinski definition) is 1. The number of benzene rings is 1. The highest BCUT2D eigenvalue weighted by Gasteiger charge is 2.59. The van der Waals surface area contributed by atoms with E-state index in [-0.39, 0.29) is 11.1 Å². The van der Waals surface area contributed by atoms with E-state index in [1.807, 2.05) is 0 Å². The van der Waals surface area contributed by atoms with Crippen LogP contribution in [-0.2, 0) is 10.3 Å². The van der Waals surface area contributed by atoms with Crippen molar-refractivity contribution < 1.29 is 36.6 Å². The summed E-state index contributed by atoms with van der Waals surface area (Å²) in [6.45, 7) is 0.847. The van der Waals surface area contributed by atoms with Crippen molar-refractivity contribution in [2.75, 3.05) is 7.11 Å². The minimum atomic E-state index is -5.75. The van der Waals surface area contributed by atoms with Gasteiger partial charge in [0, 0.05) is 0 Å². The molecule has 0 fully saturated rings. The van der Waals surface area contributed by atoms with Crippen LogP contribution in [0.1, 0.15) is 29.3 Å². The molecule has 0 bridgehead atoms. The summed E-state index contributed by atoms with van der Waals surface area (Å²) in [5.41, 5.74) is -2.49. The molecule has 0 radical (unpaired) electrons. The molecule has 1 aromatic rings. The molecule has 118 valence electrons. The number of rotatable bonds is 4. The van der Waals surface area contributed by atoms with Gasteiger partial charge in [-0.05, 0) is 24.6 Å². The van der Waals surface area contributed by atoms with Crippen LogP contribution in [0.15, 0.2) is 24.3 Å². The molecule has 0 amide bonds. The highest BCUT2D eigenvalue weighted by Crippen LogP contribution is 2.43. The average Bonchev–Trinajstić information content (AvgIpc) is 2.35. The predicted molar refractivity (Wildman–Crippen MR) is 63.0 cm³/mol. The van der Waals surface area contributed by atoms with Gasteiger partial charge in [0.05, 0.1) is 24.7 Å². The third-order valence-electron chi connectivity index (χ3n) is 2.91. The number of esters is 1. The Kier molecular flexibility index (Phi) is 4.62. The fourth-order valence-corrected chi connectivity index (χ4v) is 1.72. The van der Waals surface area contributed by atoms with Crippen molar-refractivity contribution in [2.24, 2.45) is 0 Å². The molecule has 0 spiro atoms. The van der Waals surface area contributed by atoms with Crippen molar-refractivity contribution in [1.29, 1.82) is 0 Å². The topological polar surface area (TPSA) is 46.5 Å². The zero-order valence-electron chi connectivity index (χ0n) is 11.2. The van der Waals surface area contributed by atoms with Crippen molar-refractivity contribution in [2.45, 2.75) is 31.0 Å². The first kappa shape index (κ1) is 17.4. The first-order valence-corrected chi connectivity index (χ1v) is 5.76. The summed E-state index contributed by atoms with van der Waals surface area (Å²) < 4.78 is 67.0. The van der Waals surface area contributed by atoms with Gasteiger partial charge in [-0.15, -0.1) is 0 Å². The molecular formula is C13H13F5O3. The van der Waals surface area contributed by atoms with E-state index >= 15 is 0 Å². The van der Waals surface area contributed by atoms with Gasteiger partial charge in [0.1, 0.15) is 0 Å². The molecule has 0 aliphatic rings. The smallest absolute Gasteiger partial charge is 0.453 e. The number of carbonyl (C=O) groups excluding carboxylic acids is 1. The van der Waals surface area contributed by atoms with Gasteiger partial charge < -0.3 is 9.84 Å². The molecular weight excluding hydrogens is 299 g/mol. The standard InChI is InChI=1S/C13H13F5O3/c1-11(20,7-12(14,15)13(16,17)18)9-5-3-8(4-6-9)10(19)21-2/h3-6,20H,7H2,1-2H3. The van der Waals surface area contributed by atoms with Crippen molar-refractivity contribution >= 4 is 5.97 Å². The van der Waals surface area contributed by atoms with E-state index in [0.29, 0.717) is 0 Å². The van der Waals surface area contributed by atoms with Gasteiger partial charge in [0.15, 0.2) is 0 Å². The summed E-state index contributed by atoms with van der Waals surface area (Å²) in [5, 5.41) is 9.88. The maximum Gasteiger partial charge on any atom is 0.453 e. The SMILES string of the molecule is COC(=O)c1ccc(C(C)(O)CC(F)(F)C(F)(F)F)cc1. The lowest BCUT2D eigenvalue weighted by Gasteiger charge is -2.30. The molecule has 0 aliphatic carbocycles. The predicted octanol–water partition coefficient (Wildman–Crippen LogP) is 3.27. The second-order valence-electron chi connectivity index (χ2n) is 4.72. The van der Waals surface area contributed by atoms with E-state index in [1.54, 1.807) is 0 Å². The molecule has 0 saturated carbocycles. The van der Waals surface area contributed by atoms with Crippen LogP contribution in [0.4, 0.5) is 22.0 Å². The van der Waals surface area contributed by atoms with E-state index in [1.165, 1.54) is 12.1 Å². The quantitative estimate of drug-likeness (QED) is 0.685. The number of ether oxygens (including phenoxy) is 1. The molecule has 0 saturated heterocycles. The Labute approximate surface area is 117 Å². The van der Waals surface area contributed by atoms with Crippen molar-refractivity contribution in [3.63, 3.8) is 0 Å². The molecule has 8 heteroatoms. The normalized spacial score (nSPS) is 15.4. The van der Waals surface area contributed by atoms with Crippen LogP contribution < -0.4 is 0 Å². The van der Waals surface area contributed by atoms with Gasteiger partial charge in [0.25, 0.3) is 0 Å². The molecule has 3 nitrogen and oxygen atoms in total. The van der Waals surface area contributed by atoms with Crippen LogP contribution in [-0.4, -0.2) is 30.3 Å². The zero-order chi connectivity index (χ0) is 16.5. The van der Waals surface area contributed by atoms with Crippen LogP contribution in [0.2, 0.25) is 0 Å². The van der Waals surface area contributed by atoms with Gasteiger partial charge in [-0.2, -0.15) is 22.0 Å². The summed E-state index contributed by atoms with van der Waals surface area (Å²) in [7, 11) is 1.14. The van der Waals surface area contributed by atoms with Gasteiger partial charge in [-0.1, -0.05) is 12.1 Å². The Morgan fingerprint density at radius 1 is 1.14 bits per heavy atom. The number of halogens is 5. The Bertz CT molecular complexity index is 506. The number of carbonyl (C=O) groups is 1. The Morgan fingerprint density at radius 3 is 2.00 bits per heavy atom. The monoisotopic (exact) mass is 312 g/mol. The molecule has 0 aromatic heterocycles. The summed E-state index contributed by atoms with van der Waals surface area (Å²) >= 11 is 0. The van der Waals surface area contributed by atoms with E-state index < -0.39 is 30.1 Å². The second kappa shape index (κ2) is 5.59. The van der Waals surface area contributed by atoms with Gasteiger partial charge in [-0.25, -0.2) is 4.79 Å². The average molecular weight is 312 g/mol. The minimum absolute atomic E-state index is 0.0830. The molecule has 1 aromatic carbocycles. The van der Waals surface area contributed by atoms with Crippen molar-refractivity contribution in [3.05, 3.63) is 35.4 Å². The number of methoxy groups -OCH3 is 1. The van der Waals surface area contributed by atoms with Crippen LogP contribution in [0.3, 0.4) is 0 Å². The van der Waals surface area contributed by atoms with Crippen molar-refractivity contribution in [3.8, 4) is 0 Å². The summed E-state index contributed by atoms with van der Waals surface area (Å²) in [5.74, 6) is -5.72. The third-order valence-corrected chi connectivity index (χ3v) is 2.91. The van der Waals surface area contributed by atoms with Gasteiger partial charge >= 0.3 is 18.1 Å². The van der Waals surface area contributed by atoms with Gasteiger partial charge in [-0.3, -0.25) is 0 Å². The maximum atomic E-state index is 13.0. The minimum Gasteiger partial charge on any atom is -0.465 e. The van der Waals surface area contributed by atoms with E-state index in [9.17, 15) is 31.9 Å². The number of aliphatic hydroxyl groups is 1. The van der Waals surface area contributed by atoms with Crippen molar-refractivity contribution in [1.82, 2.24) is 0 Å². The zero-order valence-corrected chi connectivity index (χ0v) is 11.2. The maximum absolute atomic E-state index is 13.0. The van der Waals surface area contributed by atoms with Crippen LogP contribution in [0, 0.1) is 0 Å². The fourth-order valence-electron chi connectivity index (χ4n) is 1.72. The Balaban J connectivity index is 3.00. The van der Waals surface area contributed by atoms with E-state index in [4.69, 9.17) is 0 Å². The van der Waals surface area contributed by atoms with Crippen LogP contribution in [0.5, 0.6) is 0 Å². The summed E-state index contributed by atoms with van der Waals surface area (Å²) in [6, 6.07) is 4.53. The molecule has 1 rings (SSSR count). The molecule has 0 aliphatic heterocycles. The molecule has 1 N–H and O–H groups in total. The van der Waals surface area contributed by atoms with Crippen LogP contribution in [0.25, 0.3) is 0 Å². The van der Waals surface area contributed by atoms with Gasteiger partial charge in [0.2, 0.25) is 0 Å². The first-order valence-electron chi connectivity index (χ1n) is 5.76. The Hall–Kier alpha value is -1.70. The Morgan fingerprint density at radius 2 is 1.62 bits per heavy atom. The lowest BCUT2D eigenvalue weighted by molar-refractivity contribution is -0.296. The van der Waals surface area contributed by atoms with E-state index in [0.717, 1.165) is 26.2 Å². The highest BCUT2D eigenvalue weighted by molar-refractivity contribution is 5.89. The molecule has 21 heavy (non-hydrogen) atoms. The first-order chi connectivity index (χ1) is 9.40. The number of hydrogen-bond acceptors (Lipinski definition) is 3. The number of alkyl halides is 5. The molecule has 1 atom stereocenters.